The number of ether oxygens (including phenoxy) is 1. The minimum Gasteiger partial charge on any atom is -0.464 e. The lowest BCUT2D eigenvalue weighted by atomic mass is 10.2. The summed E-state index contributed by atoms with van der Waals surface area (Å²) in [5, 5.41) is 0.501. The first-order chi connectivity index (χ1) is 12.5. The first-order valence-electron chi connectivity index (χ1n) is 7.22. The van der Waals surface area contributed by atoms with Crippen molar-refractivity contribution in [3.63, 3.8) is 0 Å². The molecule has 0 amide bonds. The molecule has 2 heterocycles. The Hall–Kier alpha value is -3.07. The van der Waals surface area contributed by atoms with Gasteiger partial charge in [-0.05, 0) is 18.2 Å². The van der Waals surface area contributed by atoms with E-state index in [1.54, 1.807) is 18.5 Å². The van der Waals surface area contributed by atoms with Gasteiger partial charge in [-0.1, -0.05) is 17.8 Å². The van der Waals surface area contributed by atoms with Crippen molar-refractivity contribution in [2.24, 2.45) is 0 Å². The summed E-state index contributed by atoms with van der Waals surface area (Å²) in [6.45, 7) is 0. The molecule has 132 valence electrons. The van der Waals surface area contributed by atoms with E-state index in [0.29, 0.717) is 10.9 Å². The Morgan fingerprint density at radius 1 is 1.15 bits per heavy atom. The first kappa shape index (κ1) is 17.7. The van der Waals surface area contributed by atoms with Gasteiger partial charge < -0.3 is 9.15 Å². The summed E-state index contributed by atoms with van der Waals surface area (Å²) in [6, 6.07) is 5.73. The van der Waals surface area contributed by atoms with Crippen LogP contribution >= 0.6 is 11.8 Å². The van der Waals surface area contributed by atoms with Crippen molar-refractivity contribution < 1.29 is 22.7 Å². The lowest BCUT2D eigenvalue weighted by molar-refractivity contribution is 0.0718. The quantitative estimate of drug-likeness (QED) is 0.384. The molecule has 9 heteroatoms. The van der Waals surface area contributed by atoms with Crippen LogP contribution in [0.2, 0.25) is 0 Å². The molecule has 6 nitrogen and oxygen atoms in total. The Morgan fingerprint density at radius 3 is 2.50 bits per heavy atom. The summed E-state index contributed by atoms with van der Waals surface area (Å²) < 4.78 is 37.1. The highest BCUT2D eigenvalue weighted by atomic mass is 32.2. The number of hydrogen-bond acceptors (Lipinski definition) is 7. The SMILES string of the molecule is O=C(Oc1coc(CSc2ncccn2)cc1=O)c1c(F)cccc1F. The van der Waals surface area contributed by atoms with Crippen LogP contribution in [0.5, 0.6) is 5.75 Å². The third-order valence-corrected chi connectivity index (χ3v) is 4.01. The molecule has 0 aliphatic carbocycles. The van der Waals surface area contributed by atoms with Gasteiger partial charge in [0.1, 0.15) is 29.2 Å². The number of nitrogens with zero attached hydrogens (tertiary/aromatic N) is 2. The highest BCUT2D eigenvalue weighted by molar-refractivity contribution is 7.98. The standard InChI is InChI=1S/C17H10F2N2O4S/c18-11-3-1-4-12(19)15(11)16(23)25-14-8-24-10(7-13(14)22)9-26-17-20-5-2-6-21-17/h1-8H,9H2. The van der Waals surface area contributed by atoms with E-state index in [1.165, 1.54) is 11.8 Å². The van der Waals surface area contributed by atoms with E-state index in [4.69, 9.17) is 9.15 Å². The molecule has 0 fully saturated rings. The van der Waals surface area contributed by atoms with Gasteiger partial charge in [0.25, 0.3) is 0 Å². The fourth-order valence-corrected chi connectivity index (χ4v) is 2.62. The van der Waals surface area contributed by atoms with E-state index in [2.05, 4.69) is 9.97 Å². The van der Waals surface area contributed by atoms with E-state index < -0.39 is 34.3 Å². The molecule has 0 N–H and O–H groups in total. The van der Waals surface area contributed by atoms with Crippen molar-refractivity contribution in [3.05, 3.63) is 82.2 Å². The van der Waals surface area contributed by atoms with E-state index in [9.17, 15) is 18.4 Å². The Labute approximate surface area is 149 Å². The van der Waals surface area contributed by atoms with Crippen molar-refractivity contribution in [2.75, 3.05) is 0 Å². The van der Waals surface area contributed by atoms with Crippen LogP contribution < -0.4 is 10.2 Å². The highest BCUT2D eigenvalue weighted by Crippen LogP contribution is 2.19. The molecule has 0 aliphatic heterocycles. The summed E-state index contributed by atoms with van der Waals surface area (Å²) in [5.41, 5.74) is -1.54. The molecule has 0 saturated heterocycles. The normalized spacial score (nSPS) is 10.5. The predicted octanol–water partition coefficient (Wildman–Crippen LogP) is 3.22. The number of esters is 1. The fraction of sp³-hybridized carbons (Fsp3) is 0.0588. The molecular weight excluding hydrogens is 366 g/mol. The van der Waals surface area contributed by atoms with Crippen LogP contribution in [0.15, 0.2) is 63.4 Å². The van der Waals surface area contributed by atoms with E-state index in [-0.39, 0.29) is 5.75 Å². The summed E-state index contributed by atoms with van der Waals surface area (Å²) in [4.78, 5) is 32.0. The molecule has 0 unspecified atom stereocenters. The maximum Gasteiger partial charge on any atom is 0.349 e. The number of thioether (sulfide) groups is 1. The van der Waals surface area contributed by atoms with Crippen LogP contribution in [0.1, 0.15) is 16.1 Å². The van der Waals surface area contributed by atoms with Gasteiger partial charge in [-0.25, -0.2) is 23.5 Å². The summed E-state index contributed by atoms with van der Waals surface area (Å²) in [7, 11) is 0. The molecule has 3 rings (SSSR count). The van der Waals surface area contributed by atoms with Gasteiger partial charge >= 0.3 is 5.97 Å². The average Bonchev–Trinajstić information content (AvgIpc) is 2.63. The third kappa shape index (κ3) is 4.12. The smallest absolute Gasteiger partial charge is 0.349 e. The summed E-state index contributed by atoms with van der Waals surface area (Å²) in [6.07, 6.45) is 4.08. The number of carbonyl (C=O) groups is 1. The van der Waals surface area contributed by atoms with Gasteiger partial charge in [0.15, 0.2) is 5.16 Å². The van der Waals surface area contributed by atoms with Crippen LogP contribution in [0.4, 0.5) is 8.78 Å². The van der Waals surface area contributed by atoms with Gasteiger partial charge in [-0.15, -0.1) is 0 Å². The molecule has 1 aromatic carbocycles. The van der Waals surface area contributed by atoms with Crippen LogP contribution in [0.25, 0.3) is 0 Å². The number of benzene rings is 1. The second kappa shape index (κ2) is 7.87. The van der Waals surface area contributed by atoms with Gasteiger partial charge in [0.2, 0.25) is 11.2 Å². The van der Waals surface area contributed by atoms with Crippen LogP contribution in [0.3, 0.4) is 0 Å². The van der Waals surface area contributed by atoms with Crippen molar-refractivity contribution >= 4 is 17.7 Å². The topological polar surface area (TPSA) is 82.3 Å². The molecular formula is C17H10F2N2O4S. The molecule has 0 atom stereocenters. The molecule has 3 aromatic rings. The Morgan fingerprint density at radius 2 is 1.85 bits per heavy atom. The number of rotatable bonds is 5. The second-order valence-corrected chi connectivity index (χ2v) is 5.82. The molecule has 0 aliphatic rings. The van der Waals surface area contributed by atoms with E-state index >= 15 is 0 Å². The number of aromatic nitrogens is 2. The zero-order valence-electron chi connectivity index (χ0n) is 13.0. The van der Waals surface area contributed by atoms with E-state index in [0.717, 1.165) is 30.5 Å². The van der Waals surface area contributed by atoms with Gasteiger partial charge in [-0.2, -0.15) is 0 Å². The molecule has 0 saturated carbocycles. The summed E-state index contributed by atoms with van der Waals surface area (Å²) in [5.74, 6) is -3.40. The maximum absolute atomic E-state index is 13.6. The Bertz CT molecular complexity index is 975. The second-order valence-electron chi connectivity index (χ2n) is 4.88. The van der Waals surface area contributed by atoms with Crippen molar-refractivity contribution in [3.8, 4) is 5.75 Å². The van der Waals surface area contributed by atoms with Crippen LogP contribution in [-0.4, -0.2) is 15.9 Å². The minimum absolute atomic E-state index is 0.273. The zero-order valence-corrected chi connectivity index (χ0v) is 13.8. The third-order valence-electron chi connectivity index (χ3n) is 3.11. The van der Waals surface area contributed by atoms with E-state index in [1.807, 2.05) is 0 Å². The number of carbonyl (C=O) groups excluding carboxylic acids is 1. The zero-order chi connectivity index (χ0) is 18.5. The largest absolute Gasteiger partial charge is 0.464 e. The number of hydrogen-bond donors (Lipinski definition) is 0. The van der Waals surface area contributed by atoms with Crippen molar-refractivity contribution in [1.29, 1.82) is 0 Å². The molecule has 26 heavy (non-hydrogen) atoms. The van der Waals surface area contributed by atoms with Gasteiger partial charge in [0.05, 0.1) is 5.75 Å². The lowest BCUT2D eigenvalue weighted by Crippen LogP contribution is -2.17. The summed E-state index contributed by atoms with van der Waals surface area (Å²) >= 11 is 1.24. The first-order valence-corrected chi connectivity index (χ1v) is 8.21. The van der Waals surface area contributed by atoms with Gasteiger partial charge in [-0.3, -0.25) is 4.79 Å². The maximum atomic E-state index is 13.6. The highest BCUT2D eigenvalue weighted by Gasteiger charge is 2.20. The monoisotopic (exact) mass is 376 g/mol. The van der Waals surface area contributed by atoms with Crippen molar-refractivity contribution in [1.82, 2.24) is 9.97 Å². The Balaban J connectivity index is 1.72. The van der Waals surface area contributed by atoms with Crippen molar-refractivity contribution in [2.45, 2.75) is 10.9 Å². The molecule has 0 spiro atoms. The lowest BCUT2D eigenvalue weighted by Gasteiger charge is -2.06. The minimum atomic E-state index is -1.33. The fourth-order valence-electron chi connectivity index (χ4n) is 1.93. The molecule has 0 bridgehead atoms. The Kier molecular flexibility index (Phi) is 5.37. The van der Waals surface area contributed by atoms with Crippen LogP contribution in [0, 0.1) is 11.6 Å². The average molecular weight is 376 g/mol. The number of halogens is 2. The van der Waals surface area contributed by atoms with Crippen LogP contribution in [-0.2, 0) is 5.75 Å². The predicted molar refractivity (Wildman–Crippen MR) is 87.9 cm³/mol. The molecule has 0 radical (unpaired) electrons. The molecule has 2 aromatic heterocycles. The van der Waals surface area contributed by atoms with Gasteiger partial charge in [0, 0.05) is 18.5 Å².